The summed E-state index contributed by atoms with van der Waals surface area (Å²) in [6.45, 7) is 7.31. The normalized spacial score (nSPS) is 30.8. The summed E-state index contributed by atoms with van der Waals surface area (Å²) in [4.78, 5) is 27.4. The van der Waals surface area contributed by atoms with Crippen LogP contribution in [0.2, 0.25) is 0 Å². The van der Waals surface area contributed by atoms with Crippen LogP contribution in [0.4, 0.5) is 4.79 Å². The van der Waals surface area contributed by atoms with Crippen LogP contribution in [0.25, 0.3) is 0 Å². The molecule has 3 saturated heterocycles. The van der Waals surface area contributed by atoms with E-state index in [4.69, 9.17) is 9.47 Å². The second-order valence-electron chi connectivity index (χ2n) is 9.02. The number of nitrogens with zero attached hydrogens (tertiary/aromatic N) is 1. The van der Waals surface area contributed by atoms with Crippen molar-refractivity contribution in [2.24, 2.45) is 11.8 Å². The molecule has 25 heavy (non-hydrogen) atoms. The summed E-state index contributed by atoms with van der Waals surface area (Å²) in [5.41, 5.74) is -0.471. The fourth-order valence-corrected chi connectivity index (χ4v) is 4.66. The Balaban J connectivity index is 1.60. The number of fused-ring (bicyclic) bond motifs is 2. The molecule has 0 aromatic carbocycles. The molecule has 2 unspecified atom stereocenters. The van der Waals surface area contributed by atoms with Gasteiger partial charge in [0.25, 0.3) is 0 Å². The third kappa shape index (κ3) is 4.75. The van der Waals surface area contributed by atoms with Crippen LogP contribution >= 0.6 is 0 Å². The number of amides is 1. The van der Waals surface area contributed by atoms with Crippen LogP contribution in [0, 0.1) is 11.8 Å². The molecule has 3 aliphatic heterocycles. The molecule has 2 bridgehead atoms. The first kappa shape index (κ1) is 18.7. The fourth-order valence-electron chi connectivity index (χ4n) is 4.66. The highest BCUT2D eigenvalue weighted by molar-refractivity contribution is 5.82. The number of carbonyl (C=O) groups excluding carboxylic acids is 2. The molecule has 2 atom stereocenters. The van der Waals surface area contributed by atoms with E-state index < -0.39 is 5.60 Å². The van der Waals surface area contributed by atoms with Gasteiger partial charge in [-0.15, -0.1) is 0 Å². The van der Waals surface area contributed by atoms with Gasteiger partial charge in [0, 0.05) is 37.6 Å². The standard InChI is InChI=1S/C20H33NO4/c1-20(2,3)25-19(23)21-16-5-4-6-17(21)13-15(12-16)18(22)11-14-7-9-24-10-8-14/h14-17H,4-13H2,1-3H3. The van der Waals surface area contributed by atoms with E-state index in [-0.39, 0.29) is 24.1 Å². The predicted molar refractivity (Wildman–Crippen MR) is 95.4 cm³/mol. The van der Waals surface area contributed by atoms with Gasteiger partial charge in [-0.05, 0) is 71.6 Å². The molecule has 0 saturated carbocycles. The van der Waals surface area contributed by atoms with Gasteiger partial charge < -0.3 is 14.4 Å². The van der Waals surface area contributed by atoms with Crippen LogP contribution < -0.4 is 0 Å². The summed E-state index contributed by atoms with van der Waals surface area (Å²) in [6.07, 6.45) is 7.29. The van der Waals surface area contributed by atoms with E-state index in [1.807, 2.05) is 25.7 Å². The maximum atomic E-state index is 12.8. The van der Waals surface area contributed by atoms with Gasteiger partial charge in [-0.1, -0.05) is 0 Å². The van der Waals surface area contributed by atoms with E-state index in [1.54, 1.807) is 0 Å². The summed E-state index contributed by atoms with van der Waals surface area (Å²) >= 11 is 0. The number of rotatable bonds is 3. The SMILES string of the molecule is CC(C)(C)OC(=O)N1C2CCCC1CC(C(=O)CC1CCOCC1)C2. The summed E-state index contributed by atoms with van der Waals surface area (Å²) in [5, 5.41) is 0. The number of hydrogen-bond donors (Lipinski definition) is 0. The Bertz CT molecular complexity index is 478. The van der Waals surface area contributed by atoms with Crippen molar-refractivity contribution in [3.05, 3.63) is 0 Å². The van der Waals surface area contributed by atoms with Gasteiger partial charge in [-0.3, -0.25) is 4.79 Å². The van der Waals surface area contributed by atoms with Crippen LogP contribution in [-0.2, 0) is 14.3 Å². The monoisotopic (exact) mass is 351 g/mol. The third-order valence-corrected chi connectivity index (χ3v) is 5.87. The maximum Gasteiger partial charge on any atom is 0.410 e. The van der Waals surface area contributed by atoms with Crippen LogP contribution in [0.5, 0.6) is 0 Å². The molecule has 0 N–H and O–H groups in total. The molecule has 3 heterocycles. The first-order valence-corrected chi connectivity index (χ1v) is 9.95. The van der Waals surface area contributed by atoms with Gasteiger partial charge >= 0.3 is 6.09 Å². The van der Waals surface area contributed by atoms with Crippen molar-refractivity contribution in [2.75, 3.05) is 13.2 Å². The minimum atomic E-state index is -0.471. The highest BCUT2D eigenvalue weighted by Gasteiger charge is 2.44. The van der Waals surface area contributed by atoms with Crippen molar-refractivity contribution < 1.29 is 19.1 Å². The summed E-state index contributed by atoms with van der Waals surface area (Å²) in [7, 11) is 0. The molecule has 5 heteroatoms. The van der Waals surface area contributed by atoms with Crippen LogP contribution in [0.1, 0.15) is 72.1 Å². The van der Waals surface area contributed by atoms with Crippen LogP contribution in [-0.4, -0.2) is 47.7 Å². The summed E-state index contributed by atoms with van der Waals surface area (Å²) in [5.74, 6) is 1.02. The molecule has 0 spiro atoms. The van der Waals surface area contributed by atoms with Gasteiger partial charge in [0.15, 0.2) is 0 Å². The molecule has 0 aromatic rings. The average molecular weight is 351 g/mol. The van der Waals surface area contributed by atoms with Gasteiger partial charge in [-0.2, -0.15) is 0 Å². The zero-order chi connectivity index (χ0) is 18.0. The van der Waals surface area contributed by atoms with E-state index in [1.165, 1.54) is 0 Å². The lowest BCUT2D eigenvalue weighted by molar-refractivity contribution is -0.128. The van der Waals surface area contributed by atoms with Crippen molar-refractivity contribution >= 4 is 11.9 Å². The van der Waals surface area contributed by atoms with E-state index in [0.29, 0.717) is 18.1 Å². The number of ketones is 1. The Labute approximate surface area is 151 Å². The number of piperidine rings is 2. The number of Topliss-reactive ketones (excluding diaryl/α,β-unsaturated/α-hetero) is 1. The van der Waals surface area contributed by atoms with Gasteiger partial charge in [0.2, 0.25) is 0 Å². The molecule has 3 aliphatic rings. The first-order valence-electron chi connectivity index (χ1n) is 9.95. The molecule has 1 amide bonds. The Morgan fingerprint density at radius 3 is 2.20 bits per heavy atom. The van der Waals surface area contributed by atoms with Crippen molar-refractivity contribution in [3.63, 3.8) is 0 Å². The Hall–Kier alpha value is -1.10. The fraction of sp³-hybridized carbons (Fsp3) is 0.900. The van der Waals surface area contributed by atoms with Gasteiger partial charge in [0.05, 0.1) is 0 Å². The summed E-state index contributed by atoms with van der Waals surface area (Å²) in [6, 6.07) is 0.344. The molecule has 5 nitrogen and oxygen atoms in total. The number of carbonyl (C=O) groups is 2. The van der Waals surface area contributed by atoms with Crippen LogP contribution in [0.15, 0.2) is 0 Å². The molecule has 0 aliphatic carbocycles. The van der Waals surface area contributed by atoms with Crippen molar-refractivity contribution in [1.82, 2.24) is 4.90 Å². The molecule has 142 valence electrons. The highest BCUT2D eigenvalue weighted by atomic mass is 16.6. The minimum absolute atomic E-state index is 0.122. The first-order chi connectivity index (χ1) is 11.8. The second kappa shape index (κ2) is 7.65. The lowest BCUT2D eigenvalue weighted by Gasteiger charge is -2.48. The molecule has 3 rings (SSSR count). The van der Waals surface area contributed by atoms with E-state index in [9.17, 15) is 9.59 Å². The molecule has 3 fully saturated rings. The Kier molecular flexibility index (Phi) is 5.71. The number of ether oxygens (including phenoxy) is 2. The number of hydrogen-bond acceptors (Lipinski definition) is 4. The van der Waals surface area contributed by atoms with Gasteiger partial charge in [-0.25, -0.2) is 4.79 Å². The molecule has 0 radical (unpaired) electrons. The van der Waals surface area contributed by atoms with Crippen molar-refractivity contribution in [3.8, 4) is 0 Å². The average Bonchev–Trinajstić information content (AvgIpc) is 2.52. The largest absolute Gasteiger partial charge is 0.444 e. The van der Waals surface area contributed by atoms with E-state index >= 15 is 0 Å². The molecular weight excluding hydrogens is 318 g/mol. The Morgan fingerprint density at radius 1 is 1.04 bits per heavy atom. The smallest absolute Gasteiger partial charge is 0.410 e. The lowest BCUT2D eigenvalue weighted by Crippen LogP contribution is -2.56. The minimum Gasteiger partial charge on any atom is -0.444 e. The zero-order valence-electron chi connectivity index (χ0n) is 16.0. The van der Waals surface area contributed by atoms with Crippen LogP contribution in [0.3, 0.4) is 0 Å². The van der Waals surface area contributed by atoms with E-state index in [0.717, 1.165) is 58.2 Å². The highest BCUT2D eigenvalue weighted by Crippen LogP contribution is 2.39. The molecular formula is C20H33NO4. The maximum absolute atomic E-state index is 12.8. The zero-order valence-corrected chi connectivity index (χ0v) is 16.0. The molecule has 0 aromatic heterocycles. The van der Waals surface area contributed by atoms with Crippen molar-refractivity contribution in [2.45, 2.75) is 89.8 Å². The van der Waals surface area contributed by atoms with Gasteiger partial charge in [0.1, 0.15) is 11.4 Å². The topological polar surface area (TPSA) is 55.8 Å². The van der Waals surface area contributed by atoms with E-state index in [2.05, 4.69) is 0 Å². The lowest BCUT2D eigenvalue weighted by atomic mass is 9.75. The summed E-state index contributed by atoms with van der Waals surface area (Å²) < 4.78 is 11.0. The second-order valence-corrected chi connectivity index (χ2v) is 9.02. The predicted octanol–water partition coefficient (Wildman–Crippen LogP) is 3.94. The van der Waals surface area contributed by atoms with Crippen molar-refractivity contribution in [1.29, 1.82) is 0 Å². The third-order valence-electron chi connectivity index (χ3n) is 5.87. The quantitative estimate of drug-likeness (QED) is 0.773. The Morgan fingerprint density at radius 2 is 1.64 bits per heavy atom.